The molecule has 0 bridgehead atoms. The lowest BCUT2D eigenvalue weighted by molar-refractivity contribution is -0.0189. The van der Waals surface area contributed by atoms with E-state index in [1.165, 1.54) is 0 Å². The van der Waals surface area contributed by atoms with Crippen LogP contribution in [-0.4, -0.2) is 10.7 Å². The van der Waals surface area contributed by atoms with Gasteiger partial charge in [0.25, 0.3) is 0 Å². The van der Waals surface area contributed by atoms with Gasteiger partial charge in [-0.2, -0.15) is 5.26 Å². The molecule has 0 aliphatic rings. The van der Waals surface area contributed by atoms with Gasteiger partial charge in [0, 0.05) is 0 Å². The Labute approximate surface area is 75.2 Å². The van der Waals surface area contributed by atoms with Gasteiger partial charge in [-0.25, -0.2) is 0 Å². The van der Waals surface area contributed by atoms with Gasteiger partial charge in [0.2, 0.25) is 0 Å². The second-order valence-corrected chi connectivity index (χ2v) is 4.19. The molecule has 0 aliphatic heterocycles. The van der Waals surface area contributed by atoms with Gasteiger partial charge < -0.3 is 5.11 Å². The summed E-state index contributed by atoms with van der Waals surface area (Å²) in [6.45, 7) is 8.04. The fourth-order valence-electron chi connectivity index (χ4n) is 1.36. The van der Waals surface area contributed by atoms with Gasteiger partial charge in [0.05, 0.1) is 18.1 Å². The normalized spacial score (nSPS) is 16.2. The van der Waals surface area contributed by atoms with Gasteiger partial charge >= 0.3 is 0 Å². The standard InChI is InChI=1S/C10H19NO/c1-8(2)7-10(12,5-6-11)9(3)4/h8-9,12H,5,7H2,1-4H3. The second kappa shape index (κ2) is 4.47. The van der Waals surface area contributed by atoms with E-state index in [2.05, 4.69) is 13.8 Å². The molecular weight excluding hydrogens is 150 g/mol. The molecule has 12 heavy (non-hydrogen) atoms. The summed E-state index contributed by atoms with van der Waals surface area (Å²) < 4.78 is 0. The van der Waals surface area contributed by atoms with Crippen LogP contribution in [0.4, 0.5) is 0 Å². The SMILES string of the molecule is CC(C)CC(O)(CC#N)C(C)C. The molecule has 0 fully saturated rings. The maximum absolute atomic E-state index is 10.0. The molecule has 0 radical (unpaired) electrons. The number of rotatable bonds is 4. The van der Waals surface area contributed by atoms with Crippen molar-refractivity contribution in [3.8, 4) is 6.07 Å². The molecule has 1 unspecified atom stereocenters. The van der Waals surface area contributed by atoms with Crippen LogP contribution in [0.2, 0.25) is 0 Å². The van der Waals surface area contributed by atoms with Crippen molar-refractivity contribution >= 4 is 0 Å². The first-order valence-corrected chi connectivity index (χ1v) is 4.51. The van der Waals surface area contributed by atoms with E-state index in [0.717, 1.165) is 0 Å². The van der Waals surface area contributed by atoms with Crippen LogP contribution in [0.15, 0.2) is 0 Å². The Kier molecular flexibility index (Phi) is 4.26. The van der Waals surface area contributed by atoms with Gasteiger partial charge in [-0.1, -0.05) is 27.7 Å². The van der Waals surface area contributed by atoms with E-state index >= 15 is 0 Å². The average Bonchev–Trinajstić information content (AvgIpc) is 1.85. The molecule has 0 heterocycles. The summed E-state index contributed by atoms with van der Waals surface area (Å²) in [6.07, 6.45) is 0.946. The Morgan fingerprint density at radius 2 is 1.83 bits per heavy atom. The van der Waals surface area contributed by atoms with E-state index in [1.807, 2.05) is 19.9 Å². The molecule has 0 spiro atoms. The van der Waals surface area contributed by atoms with E-state index in [9.17, 15) is 5.11 Å². The van der Waals surface area contributed by atoms with Crippen molar-refractivity contribution in [2.24, 2.45) is 11.8 Å². The van der Waals surface area contributed by atoms with Gasteiger partial charge in [-0.3, -0.25) is 0 Å². The van der Waals surface area contributed by atoms with Gasteiger partial charge in [-0.05, 0) is 18.3 Å². The Balaban J connectivity index is 4.31. The zero-order valence-corrected chi connectivity index (χ0v) is 8.46. The van der Waals surface area contributed by atoms with E-state index in [-0.39, 0.29) is 12.3 Å². The lowest BCUT2D eigenvalue weighted by Gasteiger charge is -2.31. The third-order valence-corrected chi connectivity index (χ3v) is 2.22. The van der Waals surface area contributed by atoms with Gasteiger partial charge in [0.15, 0.2) is 0 Å². The summed E-state index contributed by atoms with van der Waals surface area (Å²) in [5, 5.41) is 18.6. The zero-order chi connectivity index (χ0) is 9.78. The maximum Gasteiger partial charge on any atom is 0.0802 e. The summed E-state index contributed by atoms with van der Waals surface area (Å²) in [5.41, 5.74) is -0.789. The Bertz CT molecular complexity index is 169. The average molecular weight is 169 g/mol. The van der Waals surface area contributed by atoms with Crippen LogP contribution in [0.25, 0.3) is 0 Å². The molecule has 0 aromatic heterocycles. The number of aliphatic hydroxyl groups is 1. The predicted octanol–water partition coefficient (Wildman–Crippen LogP) is 2.33. The topological polar surface area (TPSA) is 44.0 Å². The van der Waals surface area contributed by atoms with Crippen LogP contribution >= 0.6 is 0 Å². The van der Waals surface area contributed by atoms with Crippen LogP contribution < -0.4 is 0 Å². The van der Waals surface area contributed by atoms with E-state index in [1.54, 1.807) is 0 Å². The van der Waals surface area contributed by atoms with Crippen molar-refractivity contribution < 1.29 is 5.11 Å². The van der Waals surface area contributed by atoms with Crippen LogP contribution in [0.5, 0.6) is 0 Å². The summed E-state index contributed by atoms with van der Waals surface area (Å²) in [6, 6.07) is 2.04. The second-order valence-electron chi connectivity index (χ2n) is 4.19. The smallest absolute Gasteiger partial charge is 0.0802 e. The van der Waals surface area contributed by atoms with Gasteiger partial charge in [-0.15, -0.1) is 0 Å². The van der Waals surface area contributed by atoms with Crippen LogP contribution in [0.3, 0.4) is 0 Å². The first-order chi connectivity index (χ1) is 5.42. The van der Waals surface area contributed by atoms with Crippen molar-refractivity contribution in [1.82, 2.24) is 0 Å². The summed E-state index contributed by atoms with van der Waals surface area (Å²) >= 11 is 0. The Hall–Kier alpha value is -0.550. The van der Waals surface area contributed by atoms with Crippen molar-refractivity contribution in [1.29, 1.82) is 5.26 Å². The highest BCUT2D eigenvalue weighted by atomic mass is 16.3. The third kappa shape index (κ3) is 3.23. The molecule has 2 heteroatoms. The van der Waals surface area contributed by atoms with E-state index < -0.39 is 5.60 Å². The molecule has 2 nitrogen and oxygen atoms in total. The molecule has 0 aromatic carbocycles. The molecule has 0 saturated carbocycles. The number of hydrogen-bond donors (Lipinski definition) is 1. The first-order valence-electron chi connectivity index (χ1n) is 4.51. The molecule has 1 atom stereocenters. The Morgan fingerprint density at radius 1 is 1.33 bits per heavy atom. The van der Waals surface area contributed by atoms with Crippen LogP contribution in [0, 0.1) is 23.2 Å². The summed E-state index contributed by atoms with van der Waals surface area (Å²) in [5.74, 6) is 0.588. The minimum Gasteiger partial charge on any atom is -0.389 e. The lowest BCUT2D eigenvalue weighted by Crippen LogP contribution is -2.36. The molecule has 1 N–H and O–H groups in total. The van der Waals surface area contributed by atoms with Crippen LogP contribution in [0.1, 0.15) is 40.5 Å². The third-order valence-electron chi connectivity index (χ3n) is 2.22. The summed E-state index contributed by atoms with van der Waals surface area (Å²) in [7, 11) is 0. The summed E-state index contributed by atoms with van der Waals surface area (Å²) in [4.78, 5) is 0. The molecule has 0 amide bonds. The number of nitrogens with zero attached hydrogens (tertiary/aromatic N) is 1. The molecule has 0 aromatic rings. The fourth-order valence-corrected chi connectivity index (χ4v) is 1.36. The monoisotopic (exact) mass is 169 g/mol. The highest BCUT2D eigenvalue weighted by Crippen LogP contribution is 2.28. The van der Waals surface area contributed by atoms with Crippen molar-refractivity contribution in [2.45, 2.75) is 46.1 Å². The van der Waals surface area contributed by atoms with Crippen molar-refractivity contribution in [3.05, 3.63) is 0 Å². The maximum atomic E-state index is 10.0. The molecular formula is C10H19NO. The predicted molar refractivity (Wildman–Crippen MR) is 49.5 cm³/mol. The first kappa shape index (κ1) is 11.4. The molecule has 0 saturated heterocycles. The Morgan fingerprint density at radius 3 is 2.08 bits per heavy atom. The van der Waals surface area contributed by atoms with Gasteiger partial charge in [0.1, 0.15) is 0 Å². The van der Waals surface area contributed by atoms with Crippen LogP contribution in [-0.2, 0) is 0 Å². The largest absolute Gasteiger partial charge is 0.389 e. The minimum atomic E-state index is -0.789. The molecule has 0 aliphatic carbocycles. The van der Waals surface area contributed by atoms with E-state index in [4.69, 9.17) is 5.26 Å². The quantitative estimate of drug-likeness (QED) is 0.702. The van der Waals surface area contributed by atoms with Crippen molar-refractivity contribution in [2.75, 3.05) is 0 Å². The highest BCUT2D eigenvalue weighted by molar-refractivity contribution is 4.91. The molecule has 70 valence electrons. The highest BCUT2D eigenvalue weighted by Gasteiger charge is 2.31. The fraction of sp³-hybridized carbons (Fsp3) is 0.900. The van der Waals surface area contributed by atoms with E-state index in [0.29, 0.717) is 12.3 Å². The minimum absolute atomic E-state index is 0.152. The zero-order valence-electron chi connectivity index (χ0n) is 8.46. The lowest BCUT2D eigenvalue weighted by atomic mass is 9.81. The number of hydrogen-bond acceptors (Lipinski definition) is 2. The van der Waals surface area contributed by atoms with Crippen molar-refractivity contribution in [3.63, 3.8) is 0 Å². The molecule has 0 rings (SSSR count). The number of nitriles is 1.